The van der Waals surface area contributed by atoms with Crippen LogP contribution in [0.15, 0.2) is 60.7 Å². The Morgan fingerprint density at radius 3 is 2.46 bits per heavy atom. The van der Waals surface area contributed by atoms with Crippen molar-refractivity contribution in [3.8, 4) is 11.3 Å². The number of anilines is 1. The fourth-order valence-electron chi connectivity index (χ4n) is 2.65. The number of nitrogens with zero attached hydrogens (tertiary/aromatic N) is 2. The molecule has 5 nitrogen and oxygen atoms in total. The first kappa shape index (κ1) is 17.5. The van der Waals surface area contributed by atoms with Crippen molar-refractivity contribution in [1.82, 2.24) is 10.2 Å². The number of amides is 1. The molecule has 0 bridgehead atoms. The fraction of sp³-hybridized carbons (Fsp3) is 0.150. The summed E-state index contributed by atoms with van der Waals surface area (Å²) in [6.07, 6.45) is 0. The highest BCUT2D eigenvalue weighted by Crippen LogP contribution is 2.26. The van der Waals surface area contributed by atoms with Crippen LogP contribution in [0.2, 0.25) is 0 Å². The van der Waals surface area contributed by atoms with Crippen LogP contribution in [-0.4, -0.2) is 16.1 Å². The monoisotopic (exact) mass is 350 g/mol. The van der Waals surface area contributed by atoms with Gasteiger partial charge in [-0.1, -0.05) is 24.3 Å². The lowest BCUT2D eigenvalue weighted by atomic mass is 9.94. The van der Waals surface area contributed by atoms with E-state index in [1.54, 1.807) is 36.4 Å². The highest BCUT2D eigenvalue weighted by atomic mass is 19.1. The molecule has 1 amide bonds. The number of halogens is 1. The SMILES string of the molecule is CC(C)(Nc1ccc(-c2cccc(C(N)=O)c2)nn1)c1cccc(F)c1. The predicted octanol–water partition coefficient (Wildman–Crippen LogP) is 3.73. The summed E-state index contributed by atoms with van der Waals surface area (Å²) in [7, 11) is 0. The molecular formula is C20H19FN4O. The second kappa shape index (κ2) is 6.92. The molecule has 0 aliphatic carbocycles. The zero-order valence-corrected chi connectivity index (χ0v) is 14.5. The number of primary amides is 1. The van der Waals surface area contributed by atoms with Gasteiger partial charge in [-0.15, -0.1) is 10.2 Å². The molecule has 0 radical (unpaired) electrons. The van der Waals surface area contributed by atoms with Crippen molar-refractivity contribution in [2.75, 3.05) is 5.32 Å². The molecule has 0 spiro atoms. The van der Waals surface area contributed by atoms with Crippen molar-refractivity contribution < 1.29 is 9.18 Å². The molecule has 132 valence electrons. The van der Waals surface area contributed by atoms with Crippen molar-refractivity contribution in [2.45, 2.75) is 19.4 Å². The minimum Gasteiger partial charge on any atom is -0.366 e. The molecule has 0 atom stereocenters. The maximum absolute atomic E-state index is 13.5. The molecule has 0 fully saturated rings. The van der Waals surface area contributed by atoms with E-state index < -0.39 is 11.4 Å². The van der Waals surface area contributed by atoms with Gasteiger partial charge in [-0.25, -0.2) is 4.39 Å². The summed E-state index contributed by atoms with van der Waals surface area (Å²) in [5.74, 6) is -0.211. The molecule has 2 aromatic carbocycles. The molecule has 3 N–H and O–H groups in total. The van der Waals surface area contributed by atoms with E-state index in [1.165, 1.54) is 12.1 Å². The number of nitrogens with one attached hydrogen (secondary N) is 1. The first-order valence-corrected chi connectivity index (χ1v) is 8.13. The van der Waals surface area contributed by atoms with Crippen LogP contribution < -0.4 is 11.1 Å². The summed E-state index contributed by atoms with van der Waals surface area (Å²) in [5.41, 5.74) is 7.39. The zero-order chi connectivity index (χ0) is 18.7. The van der Waals surface area contributed by atoms with Crippen molar-refractivity contribution in [3.05, 3.63) is 77.6 Å². The third-order valence-electron chi connectivity index (χ3n) is 4.09. The largest absolute Gasteiger partial charge is 0.366 e. The van der Waals surface area contributed by atoms with Crippen LogP contribution >= 0.6 is 0 Å². The molecule has 0 unspecified atom stereocenters. The van der Waals surface area contributed by atoms with Crippen LogP contribution in [0, 0.1) is 5.82 Å². The third-order valence-corrected chi connectivity index (χ3v) is 4.09. The van der Waals surface area contributed by atoms with E-state index in [1.807, 2.05) is 26.0 Å². The Morgan fingerprint density at radius 2 is 1.81 bits per heavy atom. The van der Waals surface area contributed by atoms with Gasteiger partial charge in [0.2, 0.25) is 5.91 Å². The van der Waals surface area contributed by atoms with Gasteiger partial charge in [0.1, 0.15) is 11.6 Å². The molecular weight excluding hydrogens is 331 g/mol. The summed E-state index contributed by atoms with van der Waals surface area (Å²) in [6, 6.07) is 16.9. The van der Waals surface area contributed by atoms with Gasteiger partial charge in [0, 0.05) is 11.1 Å². The number of hydrogen-bond acceptors (Lipinski definition) is 4. The smallest absolute Gasteiger partial charge is 0.248 e. The summed E-state index contributed by atoms with van der Waals surface area (Å²) in [5, 5.41) is 11.7. The van der Waals surface area contributed by atoms with Crippen LogP contribution in [0.4, 0.5) is 10.2 Å². The Bertz CT molecular complexity index is 939. The molecule has 6 heteroatoms. The van der Waals surface area contributed by atoms with Crippen LogP contribution in [0.5, 0.6) is 0 Å². The molecule has 26 heavy (non-hydrogen) atoms. The number of rotatable bonds is 5. The molecule has 0 saturated heterocycles. The van der Waals surface area contributed by atoms with Gasteiger partial charge in [-0.05, 0) is 55.8 Å². The van der Waals surface area contributed by atoms with Gasteiger partial charge in [0.15, 0.2) is 0 Å². The Labute approximate surface area is 151 Å². The average molecular weight is 350 g/mol. The predicted molar refractivity (Wildman–Crippen MR) is 99.0 cm³/mol. The number of carbonyl (C=O) groups is 1. The second-order valence-corrected chi connectivity index (χ2v) is 6.51. The number of aromatic nitrogens is 2. The van der Waals surface area contributed by atoms with Crippen molar-refractivity contribution >= 4 is 11.7 Å². The molecule has 0 aliphatic rings. The molecule has 3 rings (SSSR count). The quantitative estimate of drug-likeness (QED) is 0.735. The summed E-state index contributed by atoms with van der Waals surface area (Å²) in [6.45, 7) is 3.88. The standard InChI is InChI=1S/C20H19FN4O/c1-20(2,15-7-4-8-16(21)12-15)23-18-10-9-17(24-25-18)13-5-3-6-14(11-13)19(22)26/h3-12H,1-2H3,(H2,22,26)(H,23,25). The van der Waals surface area contributed by atoms with Gasteiger partial charge in [0.25, 0.3) is 0 Å². The molecule has 1 aromatic heterocycles. The average Bonchev–Trinajstić information content (AvgIpc) is 2.62. The molecule has 3 aromatic rings. The number of benzene rings is 2. The lowest BCUT2D eigenvalue weighted by Crippen LogP contribution is -2.28. The lowest BCUT2D eigenvalue weighted by molar-refractivity contribution is 0.100. The van der Waals surface area contributed by atoms with Gasteiger partial charge in [0.05, 0.1) is 11.2 Å². The van der Waals surface area contributed by atoms with E-state index in [4.69, 9.17) is 5.73 Å². The Morgan fingerprint density at radius 1 is 1.04 bits per heavy atom. The Balaban J connectivity index is 1.81. The van der Waals surface area contributed by atoms with E-state index in [2.05, 4.69) is 15.5 Å². The van der Waals surface area contributed by atoms with Crippen molar-refractivity contribution in [2.24, 2.45) is 5.73 Å². The van der Waals surface area contributed by atoms with Crippen LogP contribution in [0.1, 0.15) is 29.8 Å². The van der Waals surface area contributed by atoms with E-state index in [0.717, 1.165) is 11.1 Å². The topological polar surface area (TPSA) is 80.9 Å². The number of hydrogen-bond donors (Lipinski definition) is 2. The Kier molecular flexibility index (Phi) is 4.67. The fourth-order valence-corrected chi connectivity index (χ4v) is 2.65. The zero-order valence-electron chi connectivity index (χ0n) is 14.5. The maximum atomic E-state index is 13.5. The minimum atomic E-state index is -0.524. The highest BCUT2D eigenvalue weighted by Gasteiger charge is 2.21. The maximum Gasteiger partial charge on any atom is 0.248 e. The lowest BCUT2D eigenvalue weighted by Gasteiger charge is -2.27. The van der Waals surface area contributed by atoms with E-state index in [9.17, 15) is 9.18 Å². The number of nitrogens with two attached hydrogens (primary N) is 1. The summed E-state index contributed by atoms with van der Waals surface area (Å²) < 4.78 is 13.5. The highest BCUT2D eigenvalue weighted by molar-refractivity contribution is 5.93. The van der Waals surface area contributed by atoms with Crippen molar-refractivity contribution in [1.29, 1.82) is 0 Å². The van der Waals surface area contributed by atoms with Gasteiger partial charge < -0.3 is 11.1 Å². The molecule has 0 aliphatic heterocycles. The first-order valence-electron chi connectivity index (χ1n) is 8.13. The van der Waals surface area contributed by atoms with Crippen LogP contribution in [-0.2, 0) is 5.54 Å². The Hall–Kier alpha value is -3.28. The summed E-state index contributed by atoms with van der Waals surface area (Å²) in [4.78, 5) is 11.3. The van der Waals surface area contributed by atoms with E-state index in [0.29, 0.717) is 17.1 Å². The minimum absolute atomic E-state index is 0.284. The van der Waals surface area contributed by atoms with Crippen LogP contribution in [0.25, 0.3) is 11.3 Å². The van der Waals surface area contributed by atoms with E-state index >= 15 is 0 Å². The van der Waals surface area contributed by atoms with E-state index in [-0.39, 0.29) is 5.82 Å². The normalized spacial score (nSPS) is 11.2. The van der Waals surface area contributed by atoms with Crippen LogP contribution in [0.3, 0.4) is 0 Å². The molecule has 0 saturated carbocycles. The summed E-state index contributed by atoms with van der Waals surface area (Å²) >= 11 is 0. The van der Waals surface area contributed by atoms with Crippen molar-refractivity contribution in [3.63, 3.8) is 0 Å². The number of carbonyl (C=O) groups excluding carboxylic acids is 1. The third kappa shape index (κ3) is 3.85. The van der Waals surface area contributed by atoms with Gasteiger partial charge in [-0.3, -0.25) is 4.79 Å². The van der Waals surface area contributed by atoms with Gasteiger partial charge >= 0.3 is 0 Å². The molecule has 1 heterocycles. The van der Waals surface area contributed by atoms with Gasteiger partial charge in [-0.2, -0.15) is 0 Å². The first-order chi connectivity index (χ1) is 12.3. The second-order valence-electron chi connectivity index (χ2n) is 6.51.